The van der Waals surface area contributed by atoms with Gasteiger partial charge in [0.1, 0.15) is 11.7 Å². The number of unbranched alkanes of at least 4 members (excludes halogenated alkanes) is 10. The number of alkyl carbamates (subject to hydrolysis) is 1. The number of esters is 1. The summed E-state index contributed by atoms with van der Waals surface area (Å²) < 4.78 is 12.0. The van der Waals surface area contributed by atoms with Crippen LogP contribution in [0.4, 0.5) is 4.79 Å². The smallest absolute Gasteiger partial charge is 0.407 e. The fraction of sp³-hybridized carbons (Fsp3) is 0.853. The van der Waals surface area contributed by atoms with E-state index in [1.807, 2.05) is 13.8 Å². The molecular weight excluding hydrogens is 518 g/mol. The van der Waals surface area contributed by atoms with Gasteiger partial charge in [-0.15, -0.1) is 0 Å². The topological polar surface area (TPSA) is 102 Å². The normalized spacial score (nSPS) is 12.5. The molecule has 0 bridgehead atoms. The zero-order valence-corrected chi connectivity index (χ0v) is 27.4. The molecule has 0 saturated carbocycles. The van der Waals surface area contributed by atoms with Gasteiger partial charge in [0.2, 0.25) is 0 Å². The molecule has 0 aromatic heterocycles. The largest absolute Gasteiger partial charge is 0.481 e. The number of aliphatic carboxylic acids is 1. The molecule has 0 fully saturated rings. The summed E-state index contributed by atoms with van der Waals surface area (Å²) in [5.41, 5.74) is -0.829. The number of hydrogen-bond acceptors (Lipinski definition) is 5. The Labute approximate surface area is 251 Å². The van der Waals surface area contributed by atoms with E-state index < -0.39 is 17.1 Å². The number of ether oxygens (including phenoxy) is 2. The molecule has 0 aliphatic heterocycles. The second-order valence-electron chi connectivity index (χ2n) is 12.0. The number of carboxylic acids is 1. The Morgan fingerprint density at radius 1 is 0.756 bits per heavy atom. The van der Waals surface area contributed by atoms with Gasteiger partial charge >= 0.3 is 18.0 Å². The van der Waals surface area contributed by atoms with E-state index in [0.29, 0.717) is 37.7 Å². The molecule has 0 heterocycles. The number of nitrogens with one attached hydrogen (secondary N) is 1. The van der Waals surface area contributed by atoms with Crippen LogP contribution < -0.4 is 5.32 Å². The fourth-order valence-corrected chi connectivity index (χ4v) is 5.47. The minimum atomic E-state index is -0.709. The van der Waals surface area contributed by atoms with Crippen LogP contribution in [-0.4, -0.2) is 40.4 Å². The molecule has 7 heteroatoms. The van der Waals surface area contributed by atoms with Gasteiger partial charge < -0.3 is 19.9 Å². The molecule has 41 heavy (non-hydrogen) atoms. The molecular formula is C34H63NO6. The maximum absolute atomic E-state index is 13.3. The monoisotopic (exact) mass is 581 g/mol. The van der Waals surface area contributed by atoms with Crippen LogP contribution in [0.15, 0.2) is 12.2 Å². The third-order valence-electron chi connectivity index (χ3n) is 8.65. The molecule has 1 amide bonds. The summed E-state index contributed by atoms with van der Waals surface area (Å²) >= 11 is 0. The molecule has 7 nitrogen and oxygen atoms in total. The van der Waals surface area contributed by atoms with Crippen molar-refractivity contribution >= 4 is 18.0 Å². The first-order valence-electron chi connectivity index (χ1n) is 16.6. The van der Waals surface area contributed by atoms with Crippen LogP contribution in [0, 0.1) is 0 Å². The van der Waals surface area contributed by atoms with Crippen molar-refractivity contribution in [3.8, 4) is 0 Å². The van der Waals surface area contributed by atoms with Gasteiger partial charge in [-0.05, 0) is 64.7 Å². The van der Waals surface area contributed by atoms with Crippen LogP contribution in [0.5, 0.6) is 0 Å². The lowest BCUT2D eigenvalue weighted by Crippen LogP contribution is -2.54. The van der Waals surface area contributed by atoms with E-state index in [4.69, 9.17) is 14.6 Å². The molecule has 0 spiro atoms. The molecule has 0 aliphatic carbocycles. The average Bonchev–Trinajstić information content (AvgIpc) is 2.94. The lowest BCUT2D eigenvalue weighted by atomic mass is 9.78. The molecule has 0 aromatic rings. The third-order valence-corrected chi connectivity index (χ3v) is 8.65. The van der Waals surface area contributed by atoms with E-state index in [0.717, 1.165) is 77.0 Å². The molecule has 0 saturated heterocycles. The molecule has 0 rings (SSSR count). The number of carbonyl (C=O) groups is 3. The number of carbonyl (C=O) groups excluding carboxylic acids is 2. The highest BCUT2D eigenvalue weighted by molar-refractivity contribution is 5.87. The lowest BCUT2D eigenvalue weighted by molar-refractivity contribution is -0.158. The average molecular weight is 582 g/mol. The minimum Gasteiger partial charge on any atom is -0.481 e. The first-order valence-corrected chi connectivity index (χ1v) is 16.6. The van der Waals surface area contributed by atoms with Crippen LogP contribution in [0.2, 0.25) is 0 Å². The van der Waals surface area contributed by atoms with Gasteiger partial charge in [-0.2, -0.15) is 0 Å². The van der Waals surface area contributed by atoms with Crippen molar-refractivity contribution in [1.82, 2.24) is 5.32 Å². The summed E-state index contributed by atoms with van der Waals surface area (Å²) in [6.45, 7) is 15.8. The van der Waals surface area contributed by atoms with Gasteiger partial charge in [0.05, 0.1) is 0 Å². The summed E-state index contributed by atoms with van der Waals surface area (Å²) in [6, 6.07) is 0. The minimum absolute atomic E-state index is 0.0994. The molecule has 2 N–H and O–H groups in total. The Kier molecular flexibility index (Phi) is 21.4. The summed E-state index contributed by atoms with van der Waals surface area (Å²) in [4.78, 5) is 36.3. The zero-order valence-electron chi connectivity index (χ0n) is 27.4. The third kappa shape index (κ3) is 17.5. The standard InChI is InChI=1S/C34H63NO6/c1-8-13-14-21-24-29(25-22-19-17-15-16-18-20-23-26-30(36)37)40-32(39)35-33(9-2,10-3)27-34(11-4,12-5)41-31(38)28(6)7/h29H,6,8-27H2,1-5,7H3,(H,35,39)(H,36,37). The van der Waals surface area contributed by atoms with Crippen LogP contribution in [0.1, 0.15) is 170 Å². The van der Waals surface area contributed by atoms with Crippen molar-refractivity contribution < 1.29 is 29.0 Å². The van der Waals surface area contributed by atoms with Gasteiger partial charge in [0, 0.05) is 24.0 Å². The number of hydrogen-bond donors (Lipinski definition) is 2. The van der Waals surface area contributed by atoms with E-state index in [2.05, 4.69) is 32.7 Å². The van der Waals surface area contributed by atoms with E-state index >= 15 is 0 Å². The number of amides is 1. The van der Waals surface area contributed by atoms with Gasteiger partial charge in [-0.25, -0.2) is 9.59 Å². The molecule has 1 unspecified atom stereocenters. The highest BCUT2D eigenvalue weighted by atomic mass is 16.6. The van der Waals surface area contributed by atoms with Crippen molar-refractivity contribution in [3.63, 3.8) is 0 Å². The Morgan fingerprint density at radius 2 is 1.24 bits per heavy atom. The van der Waals surface area contributed by atoms with Crippen LogP contribution in [0.3, 0.4) is 0 Å². The van der Waals surface area contributed by atoms with E-state index in [-0.39, 0.29) is 24.6 Å². The predicted octanol–water partition coefficient (Wildman–Crippen LogP) is 9.66. The first kappa shape index (κ1) is 39.0. The van der Waals surface area contributed by atoms with Crippen molar-refractivity contribution in [2.45, 2.75) is 187 Å². The van der Waals surface area contributed by atoms with Crippen molar-refractivity contribution in [1.29, 1.82) is 0 Å². The van der Waals surface area contributed by atoms with E-state index in [9.17, 15) is 14.4 Å². The molecule has 1 atom stereocenters. The van der Waals surface area contributed by atoms with Crippen LogP contribution in [0.25, 0.3) is 0 Å². The molecule has 0 radical (unpaired) electrons. The Morgan fingerprint density at radius 3 is 1.68 bits per heavy atom. The van der Waals surface area contributed by atoms with Gasteiger partial charge in [-0.3, -0.25) is 4.79 Å². The lowest BCUT2D eigenvalue weighted by Gasteiger charge is -2.42. The van der Waals surface area contributed by atoms with Gasteiger partial charge in [0.25, 0.3) is 0 Å². The van der Waals surface area contributed by atoms with Crippen molar-refractivity contribution in [2.24, 2.45) is 0 Å². The van der Waals surface area contributed by atoms with Gasteiger partial charge in [-0.1, -0.05) is 99.0 Å². The second-order valence-corrected chi connectivity index (χ2v) is 12.0. The SMILES string of the molecule is C=C(C)C(=O)OC(CC)(CC)CC(CC)(CC)NC(=O)OC(CCCCCC)CCCCCCCCCCC(=O)O. The highest BCUT2D eigenvalue weighted by Crippen LogP contribution is 2.35. The molecule has 240 valence electrons. The summed E-state index contributed by atoms with van der Waals surface area (Å²) in [7, 11) is 0. The van der Waals surface area contributed by atoms with Crippen LogP contribution in [-0.2, 0) is 19.1 Å². The first-order chi connectivity index (χ1) is 19.5. The van der Waals surface area contributed by atoms with Crippen molar-refractivity contribution in [2.75, 3.05) is 0 Å². The summed E-state index contributed by atoms with van der Waals surface area (Å²) in [5.74, 6) is -1.10. The number of rotatable bonds is 26. The maximum Gasteiger partial charge on any atom is 0.407 e. The quantitative estimate of drug-likeness (QED) is 0.0599. The Bertz CT molecular complexity index is 741. The van der Waals surface area contributed by atoms with E-state index in [1.165, 1.54) is 12.8 Å². The Hall–Kier alpha value is -2.05. The van der Waals surface area contributed by atoms with Crippen LogP contribution >= 0.6 is 0 Å². The number of carboxylic acid groups (broad SMARTS) is 1. The van der Waals surface area contributed by atoms with Crippen molar-refractivity contribution in [3.05, 3.63) is 12.2 Å². The summed E-state index contributed by atoms with van der Waals surface area (Å²) in [6.07, 6.45) is 17.8. The Balaban J connectivity index is 5.06. The predicted molar refractivity (Wildman–Crippen MR) is 168 cm³/mol. The second kappa shape index (κ2) is 22.5. The zero-order chi connectivity index (χ0) is 31.2. The molecule has 0 aliphatic rings. The van der Waals surface area contributed by atoms with Gasteiger partial charge in [0.15, 0.2) is 0 Å². The fourth-order valence-electron chi connectivity index (χ4n) is 5.47. The van der Waals surface area contributed by atoms with E-state index in [1.54, 1.807) is 6.92 Å². The maximum atomic E-state index is 13.3. The summed E-state index contributed by atoms with van der Waals surface area (Å²) in [5, 5.41) is 11.9. The highest BCUT2D eigenvalue weighted by Gasteiger charge is 2.41. The molecule has 0 aromatic carbocycles.